The van der Waals surface area contributed by atoms with E-state index in [1.54, 1.807) is 7.11 Å². The largest absolute Gasteiger partial charge is 0.495 e. The maximum Gasteiger partial charge on any atom is 0.225 e. The first-order valence-electron chi connectivity index (χ1n) is 8.81. The van der Waals surface area contributed by atoms with Gasteiger partial charge >= 0.3 is 0 Å². The first-order chi connectivity index (χ1) is 12.7. The summed E-state index contributed by atoms with van der Waals surface area (Å²) in [7, 11) is 1.59. The number of hydrogen-bond acceptors (Lipinski definition) is 4. The molecule has 1 N–H and O–H groups in total. The van der Waals surface area contributed by atoms with E-state index < -0.39 is 0 Å². The monoisotopic (exact) mass is 357 g/mol. The Bertz CT molecular complexity index is 728. The normalized spacial score (nSPS) is 14.9. The molecule has 0 aliphatic carbocycles. The molecule has 1 amide bonds. The molecular weight excluding hydrogens is 333 g/mol. The molecule has 138 valence electrons. The fourth-order valence-corrected chi connectivity index (χ4v) is 3.10. The second kappa shape index (κ2) is 8.67. The summed E-state index contributed by atoms with van der Waals surface area (Å²) in [5, 5.41) is 2.90. The average molecular weight is 357 g/mol. The van der Waals surface area contributed by atoms with Crippen LogP contribution in [0.25, 0.3) is 0 Å². The molecule has 0 unspecified atom stereocenters. The minimum absolute atomic E-state index is 0.0181. The second-order valence-corrected chi connectivity index (χ2v) is 6.30. The highest BCUT2D eigenvalue weighted by Crippen LogP contribution is 2.23. The molecule has 0 saturated carbocycles. The SMILES string of the molecule is COc1ccccc1NC(=O)CCN1CCN(c2ccc(F)cc2)CC1. The number of halogens is 1. The first kappa shape index (κ1) is 18.2. The van der Waals surface area contributed by atoms with Crippen molar-refractivity contribution in [1.29, 1.82) is 0 Å². The number of hydrogen-bond donors (Lipinski definition) is 1. The van der Waals surface area contributed by atoms with Crippen molar-refractivity contribution in [3.8, 4) is 5.75 Å². The van der Waals surface area contributed by atoms with Gasteiger partial charge in [-0.25, -0.2) is 4.39 Å². The number of carbonyl (C=O) groups excluding carboxylic acids is 1. The van der Waals surface area contributed by atoms with Crippen molar-refractivity contribution in [2.75, 3.05) is 50.1 Å². The summed E-state index contributed by atoms with van der Waals surface area (Å²) >= 11 is 0. The lowest BCUT2D eigenvalue weighted by Crippen LogP contribution is -2.47. The summed E-state index contributed by atoms with van der Waals surface area (Å²) in [5.41, 5.74) is 1.74. The van der Waals surface area contributed by atoms with Gasteiger partial charge in [-0.3, -0.25) is 9.69 Å². The number of ether oxygens (including phenoxy) is 1. The second-order valence-electron chi connectivity index (χ2n) is 6.30. The Morgan fingerprint density at radius 1 is 1.08 bits per heavy atom. The van der Waals surface area contributed by atoms with Crippen molar-refractivity contribution >= 4 is 17.3 Å². The molecule has 1 heterocycles. The standard InChI is InChI=1S/C20H24FN3O2/c1-26-19-5-3-2-4-18(19)22-20(25)10-11-23-12-14-24(15-13-23)17-8-6-16(21)7-9-17/h2-9H,10-15H2,1H3,(H,22,25). The van der Waals surface area contributed by atoms with E-state index in [0.717, 1.165) is 38.4 Å². The lowest BCUT2D eigenvalue weighted by molar-refractivity contribution is -0.116. The highest BCUT2D eigenvalue weighted by molar-refractivity contribution is 5.92. The molecule has 1 aliphatic rings. The molecule has 0 radical (unpaired) electrons. The van der Waals surface area contributed by atoms with E-state index in [4.69, 9.17) is 4.74 Å². The predicted molar refractivity (Wildman–Crippen MR) is 101 cm³/mol. The molecule has 0 bridgehead atoms. The van der Waals surface area contributed by atoms with Gasteiger partial charge in [0.25, 0.3) is 0 Å². The van der Waals surface area contributed by atoms with Crippen LogP contribution in [0.2, 0.25) is 0 Å². The third kappa shape index (κ3) is 4.73. The summed E-state index contributed by atoms with van der Waals surface area (Å²) < 4.78 is 18.3. The summed E-state index contributed by atoms with van der Waals surface area (Å²) in [6.45, 7) is 4.25. The third-order valence-electron chi connectivity index (χ3n) is 4.60. The summed E-state index contributed by atoms with van der Waals surface area (Å²) in [4.78, 5) is 16.7. The highest BCUT2D eigenvalue weighted by atomic mass is 19.1. The van der Waals surface area contributed by atoms with E-state index in [0.29, 0.717) is 17.9 Å². The molecule has 26 heavy (non-hydrogen) atoms. The van der Waals surface area contributed by atoms with Crippen molar-refractivity contribution in [2.24, 2.45) is 0 Å². The Labute approximate surface area is 153 Å². The predicted octanol–water partition coefficient (Wildman–Crippen LogP) is 2.99. The minimum atomic E-state index is -0.214. The molecule has 0 spiro atoms. The van der Waals surface area contributed by atoms with Gasteiger partial charge in [0.1, 0.15) is 11.6 Å². The van der Waals surface area contributed by atoms with Gasteiger partial charge in [0.2, 0.25) is 5.91 Å². The van der Waals surface area contributed by atoms with Crippen LogP contribution in [0, 0.1) is 5.82 Å². The van der Waals surface area contributed by atoms with Gasteiger partial charge < -0.3 is 15.0 Å². The van der Waals surface area contributed by atoms with Gasteiger partial charge in [0.05, 0.1) is 12.8 Å². The van der Waals surface area contributed by atoms with E-state index in [2.05, 4.69) is 15.1 Å². The number of nitrogens with one attached hydrogen (secondary N) is 1. The molecule has 0 atom stereocenters. The average Bonchev–Trinajstić information content (AvgIpc) is 2.68. The van der Waals surface area contributed by atoms with Crippen LogP contribution in [-0.2, 0) is 4.79 Å². The number of anilines is 2. The van der Waals surface area contributed by atoms with Crippen LogP contribution in [0.1, 0.15) is 6.42 Å². The maximum absolute atomic E-state index is 13.0. The van der Waals surface area contributed by atoms with Crippen molar-refractivity contribution in [2.45, 2.75) is 6.42 Å². The molecule has 2 aromatic rings. The van der Waals surface area contributed by atoms with Crippen LogP contribution < -0.4 is 15.0 Å². The van der Waals surface area contributed by atoms with Gasteiger partial charge in [-0.1, -0.05) is 12.1 Å². The van der Waals surface area contributed by atoms with Gasteiger partial charge in [0.15, 0.2) is 0 Å². The van der Waals surface area contributed by atoms with Crippen LogP contribution in [0.15, 0.2) is 48.5 Å². The van der Waals surface area contributed by atoms with Crippen LogP contribution in [-0.4, -0.2) is 50.6 Å². The molecule has 5 nitrogen and oxygen atoms in total. The number of amides is 1. The van der Waals surface area contributed by atoms with E-state index in [1.165, 1.54) is 12.1 Å². The van der Waals surface area contributed by atoms with Crippen molar-refractivity contribution in [1.82, 2.24) is 4.90 Å². The summed E-state index contributed by atoms with van der Waals surface area (Å²) in [5.74, 6) is 0.428. The fourth-order valence-electron chi connectivity index (χ4n) is 3.10. The lowest BCUT2D eigenvalue weighted by atomic mass is 10.2. The molecule has 1 saturated heterocycles. The van der Waals surface area contributed by atoms with Crippen LogP contribution >= 0.6 is 0 Å². The quantitative estimate of drug-likeness (QED) is 0.863. The maximum atomic E-state index is 13.0. The minimum Gasteiger partial charge on any atom is -0.495 e. The zero-order valence-corrected chi connectivity index (χ0v) is 15.0. The van der Waals surface area contributed by atoms with Crippen LogP contribution in [0.3, 0.4) is 0 Å². The van der Waals surface area contributed by atoms with Gasteiger partial charge in [-0.05, 0) is 36.4 Å². The van der Waals surface area contributed by atoms with Crippen molar-refractivity contribution < 1.29 is 13.9 Å². The highest BCUT2D eigenvalue weighted by Gasteiger charge is 2.18. The number of piperazine rings is 1. The van der Waals surface area contributed by atoms with E-state index in [-0.39, 0.29) is 11.7 Å². The third-order valence-corrected chi connectivity index (χ3v) is 4.60. The van der Waals surface area contributed by atoms with E-state index in [9.17, 15) is 9.18 Å². The van der Waals surface area contributed by atoms with Crippen molar-refractivity contribution in [3.63, 3.8) is 0 Å². The van der Waals surface area contributed by atoms with E-state index in [1.807, 2.05) is 36.4 Å². The number of para-hydroxylation sites is 2. The zero-order valence-electron chi connectivity index (χ0n) is 15.0. The Balaban J connectivity index is 1.43. The molecule has 2 aromatic carbocycles. The molecule has 1 aliphatic heterocycles. The zero-order chi connectivity index (χ0) is 18.4. The number of methoxy groups -OCH3 is 1. The number of rotatable bonds is 6. The number of carbonyl (C=O) groups is 1. The Kier molecular flexibility index (Phi) is 6.07. The molecule has 1 fully saturated rings. The molecule has 3 rings (SSSR count). The Morgan fingerprint density at radius 2 is 1.77 bits per heavy atom. The fraction of sp³-hybridized carbons (Fsp3) is 0.350. The first-order valence-corrected chi connectivity index (χ1v) is 8.81. The molecule has 0 aromatic heterocycles. The molecule has 6 heteroatoms. The smallest absolute Gasteiger partial charge is 0.225 e. The van der Waals surface area contributed by atoms with Gasteiger partial charge in [-0.2, -0.15) is 0 Å². The van der Waals surface area contributed by atoms with Crippen LogP contribution in [0.4, 0.5) is 15.8 Å². The summed E-state index contributed by atoms with van der Waals surface area (Å²) in [6, 6.07) is 14.0. The lowest BCUT2D eigenvalue weighted by Gasteiger charge is -2.36. The Hall–Kier alpha value is -2.60. The van der Waals surface area contributed by atoms with Crippen molar-refractivity contribution in [3.05, 3.63) is 54.3 Å². The molecular formula is C20H24FN3O2. The number of benzene rings is 2. The van der Waals surface area contributed by atoms with Gasteiger partial charge in [-0.15, -0.1) is 0 Å². The topological polar surface area (TPSA) is 44.8 Å². The van der Waals surface area contributed by atoms with Crippen LogP contribution in [0.5, 0.6) is 5.75 Å². The van der Waals surface area contributed by atoms with Gasteiger partial charge in [0, 0.05) is 44.8 Å². The van der Waals surface area contributed by atoms with E-state index >= 15 is 0 Å². The summed E-state index contributed by atoms with van der Waals surface area (Å²) in [6.07, 6.45) is 0.439. The Morgan fingerprint density at radius 3 is 2.46 bits per heavy atom. The number of nitrogens with zero attached hydrogens (tertiary/aromatic N) is 2.